The smallest absolute Gasteiger partial charge is 0.248 e. The average molecular weight is 416 g/mol. The monoisotopic (exact) mass is 415 g/mol. The van der Waals surface area contributed by atoms with Crippen molar-refractivity contribution >= 4 is 17.4 Å². The van der Waals surface area contributed by atoms with Crippen LogP contribution in [0.4, 0.5) is 5.82 Å². The van der Waals surface area contributed by atoms with Crippen LogP contribution in [-0.4, -0.2) is 46.8 Å². The molecule has 0 saturated heterocycles. The molecule has 0 spiro atoms. The molecule has 2 aliphatic carbocycles. The van der Waals surface area contributed by atoms with Gasteiger partial charge in [0.2, 0.25) is 5.91 Å². The molecule has 30 heavy (non-hydrogen) atoms. The molecule has 1 aromatic heterocycles. The largest absolute Gasteiger partial charge is 0.367 e. The summed E-state index contributed by atoms with van der Waals surface area (Å²) in [4.78, 5) is 15.1. The normalized spacial score (nSPS) is 26.1. The Morgan fingerprint density at radius 1 is 1.27 bits per heavy atom. The van der Waals surface area contributed by atoms with Crippen LogP contribution in [0.2, 0.25) is 0 Å². The van der Waals surface area contributed by atoms with E-state index < -0.39 is 5.91 Å². The maximum Gasteiger partial charge on any atom is 0.248 e. The number of carbonyl (C=O) groups is 1. The van der Waals surface area contributed by atoms with Gasteiger partial charge < -0.3 is 21.4 Å². The molecule has 7 nitrogen and oxygen atoms in total. The Morgan fingerprint density at radius 2 is 2.00 bits per heavy atom. The van der Waals surface area contributed by atoms with Gasteiger partial charge in [0.1, 0.15) is 5.82 Å². The highest BCUT2D eigenvalue weighted by atomic mass is 16.5. The number of hydroxylamine groups is 2. The molecule has 1 aliphatic heterocycles. The molecule has 4 rings (SSSR count). The first kappa shape index (κ1) is 21.2. The summed E-state index contributed by atoms with van der Waals surface area (Å²) in [6.45, 7) is 4.94. The summed E-state index contributed by atoms with van der Waals surface area (Å²) in [5, 5.41) is 19.3. The van der Waals surface area contributed by atoms with E-state index in [-0.39, 0.29) is 6.04 Å². The van der Waals surface area contributed by atoms with Gasteiger partial charge in [-0.3, -0.25) is 15.1 Å². The third kappa shape index (κ3) is 4.52. The van der Waals surface area contributed by atoms with Crippen molar-refractivity contribution in [1.29, 1.82) is 0 Å². The second kappa shape index (κ2) is 9.02. The van der Waals surface area contributed by atoms with E-state index in [0.29, 0.717) is 29.1 Å². The van der Waals surface area contributed by atoms with Gasteiger partial charge in [0, 0.05) is 24.8 Å². The SMILES string of the molecule is CC1(CNCC2CCC(N(O)C3=C(C(N)=O)CNc4[nH]ccc43)CC2)CCCCC1. The molecule has 0 aromatic carbocycles. The number of H-pyrrole nitrogens is 1. The zero-order valence-corrected chi connectivity index (χ0v) is 18.2. The topological polar surface area (TPSA) is 106 Å². The molecule has 0 atom stereocenters. The number of nitrogens with one attached hydrogen (secondary N) is 3. The zero-order chi connectivity index (χ0) is 21.1. The molecule has 1 aromatic rings. The number of amides is 1. The van der Waals surface area contributed by atoms with E-state index in [0.717, 1.165) is 50.2 Å². The van der Waals surface area contributed by atoms with Gasteiger partial charge in [-0.05, 0) is 62.5 Å². The van der Waals surface area contributed by atoms with E-state index in [1.807, 2.05) is 12.3 Å². The second-order valence-electron chi connectivity index (χ2n) is 9.83. The minimum Gasteiger partial charge on any atom is -0.367 e. The maximum absolute atomic E-state index is 12.0. The Morgan fingerprint density at radius 3 is 2.70 bits per heavy atom. The first-order chi connectivity index (χ1) is 14.5. The molecule has 1 amide bonds. The summed E-state index contributed by atoms with van der Waals surface area (Å²) < 4.78 is 0. The van der Waals surface area contributed by atoms with Crippen molar-refractivity contribution in [2.45, 2.75) is 70.8 Å². The number of hydrogen-bond donors (Lipinski definition) is 5. The van der Waals surface area contributed by atoms with Gasteiger partial charge in [0.15, 0.2) is 0 Å². The third-order valence-electron chi connectivity index (χ3n) is 7.46. The first-order valence-corrected chi connectivity index (χ1v) is 11.6. The number of fused-ring (bicyclic) bond motifs is 1. The number of nitrogens with zero attached hydrogens (tertiary/aromatic N) is 1. The van der Waals surface area contributed by atoms with E-state index >= 15 is 0 Å². The molecular weight excluding hydrogens is 378 g/mol. The van der Waals surface area contributed by atoms with Gasteiger partial charge >= 0.3 is 0 Å². The van der Waals surface area contributed by atoms with Gasteiger partial charge in [0.05, 0.1) is 17.3 Å². The van der Waals surface area contributed by atoms with Crippen LogP contribution in [-0.2, 0) is 4.79 Å². The average Bonchev–Trinajstić information content (AvgIpc) is 3.22. The van der Waals surface area contributed by atoms with Gasteiger partial charge in [0.25, 0.3) is 0 Å². The van der Waals surface area contributed by atoms with Crippen LogP contribution >= 0.6 is 0 Å². The number of aromatic amines is 1. The molecule has 2 heterocycles. The highest BCUT2D eigenvalue weighted by Crippen LogP contribution is 2.37. The minimum absolute atomic E-state index is 0.0160. The van der Waals surface area contributed by atoms with Gasteiger partial charge in [-0.25, -0.2) is 0 Å². The third-order valence-corrected chi connectivity index (χ3v) is 7.46. The van der Waals surface area contributed by atoms with E-state index in [9.17, 15) is 10.0 Å². The fourth-order valence-electron chi connectivity index (χ4n) is 5.54. The van der Waals surface area contributed by atoms with Crippen molar-refractivity contribution in [3.05, 3.63) is 23.4 Å². The highest BCUT2D eigenvalue weighted by Gasteiger charge is 2.33. The predicted octanol–water partition coefficient (Wildman–Crippen LogP) is 3.45. The van der Waals surface area contributed by atoms with Crippen molar-refractivity contribution < 1.29 is 10.0 Å². The number of primary amides is 1. The summed E-state index contributed by atoms with van der Waals surface area (Å²) in [5.41, 5.74) is 7.88. The standard InChI is InChI=1S/C23H37N5O2/c1-23(10-3-2-4-11-23)15-25-13-16-5-7-17(8-6-16)28(30)20-18-9-12-26-22(18)27-14-19(20)21(24)29/h9,12,16-17,25-27,30H,2-8,10-11,13-15H2,1H3,(H2,24,29). The molecule has 166 valence electrons. The van der Waals surface area contributed by atoms with E-state index in [2.05, 4.69) is 22.5 Å². The van der Waals surface area contributed by atoms with Crippen LogP contribution in [0, 0.1) is 11.3 Å². The highest BCUT2D eigenvalue weighted by molar-refractivity contribution is 6.02. The van der Waals surface area contributed by atoms with Crippen LogP contribution in [0.5, 0.6) is 0 Å². The molecule has 6 N–H and O–H groups in total. The Bertz CT molecular complexity index is 772. The molecule has 0 unspecified atom stereocenters. The molecule has 2 fully saturated rings. The van der Waals surface area contributed by atoms with E-state index in [4.69, 9.17) is 5.73 Å². The second-order valence-corrected chi connectivity index (χ2v) is 9.83. The Labute approximate surface area is 179 Å². The van der Waals surface area contributed by atoms with Crippen molar-refractivity contribution in [2.24, 2.45) is 17.1 Å². The number of aromatic nitrogens is 1. The lowest BCUT2D eigenvalue weighted by Crippen LogP contribution is -2.40. The number of nitrogens with two attached hydrogens (primary N) is 1. The maximum atomic E-state index is 12.0. The molecule has 3 aliphatic rings. The Hall–Kier alpha value is -1.99. The molecular formula is C23H37N5O2. The van der Waals surface area contributed by atoms with Crippen LogP contribution in [0.1, 0.15) is 70.3 Å². The molecule has 0 bridgehead atoms. The summed E-state index contributed by atoms with van der Waals surface area (Å²) in [6, 6.07) is 1.90. The van der Waals surface area contributed by atoms with Crippen LogP contribution in [0.25, 0.3) is 5.70 Å². The molecule has 0 radical (unpaired) electrons. The van der Waals surface area contributed by atoms with Crippen LogP contribution in [0.3, 0.4) is 0 Å². The number of hydrogen-bond acceptors (Lipinski definition) is 5. The van der Waals surface area contributed by atoms with Crippen molar-refractivity contribution in [3.8, 4) is 0 Å². The number of rotatable bonds is 7. The Balaban J connectivity index is 1.32. The summed E-state index contributed by atoms with van der Waals surface area (Å²) in [7, 11) is 0. The lowest BCUT2D eigenvalue weighted by Gasteiger charge is -2.38. The fourth-order valence-corrected chi connectivity index (χ4v) is 5.54. The number of carbonyl (C=O) groups excluding carboxylic acids is 1. The minimum atomic E-state index is -0.488. The van der Waals surface area contributed by atoms with E-state index in [1.54, 1.807) is 0 Å². The molecule has 7 heteroatoms. The summed E-state index contributed by atoms with van der Waals surface area (Å²) >= 11 is 0. The predicted molar refractivity (Wildman–Crippen MR) is 119 cm³/mol. The van der Waals surface area contributed by atoms with Crippen molar-refractivity contribution in [2.75, 3.05) is 25.0 Å². The summed E-state index contributed by atoms with van der Waals surface area (Å²) in [6.07, 6.45) is 12.7. The quantitative estimate of drug-likeness (QED) is 0.439. The first-order valence-electron chi connectivity index (χ1n) is 11.6. The van der Waals surface area contributed by atoms with Crippen LogP contribution < -0.4 is 16.4 Å². The van der Waals surface area contributed by atoms with Gasteiger partial charge in [-0.2, -0.15) is 0 Å². The van der Waals surface area contributed by atoms with Gasteiger partial charge in [-0.15, -0.1) is 0 Å². The van der Waals surface area contributed by atoms with Crippen molar-refractivity contribution in [1.82, 2.24) is 15.4 Å². The Kier molecular flexibility index (Phi) is 6.39. The number of anilines is 1. The lowest BCUT2D eigenvalue weighted by molar-refractivity contribution is -0.115. The zero-order valence-electron chi connectivity index (χ0n) is 18.2. The van der Waals surface area contributed by atoms with Crippen LogP contribution in [0.15, 0.2) is 17.8 Å². The lowest BCUT2D eigenvalue weighted by atomic mass is 9.75. The molecule has 2 saturated carbocycles. The fraction of sp³-hybridized carbons (Fsp3) is 0.696. The van der Waals surface area contributed by atoms with Crippen molar-refractivity contribution in [3.63, 3.8) is 0 Å². The summed E-state index contributed by atoms with van der Waals surface area (Å²) in [5.74, 6) is 0.989. The van der Waals surface area contributed by atoms with Gasteiger partial charge in [-0.1, -0.05) is 26.2 Å². The van der Waals surface area contributed by atoms with E-state index in [1.165, 1.54) is 37.2 Å².